The van der Waals surface area contributed by atoms with Crippen molar-refractivity contribution in [2.24, 2.45) is 5.73 Å². The summed E-state index contributed by atoms with van der Waals surface area (Å²) >= 11 is 1.17. The Morgan fingerprint density at radius 2 is 2.44 bits per heavy atom. The van der Waals surface area contributed by atoms with Gasteiger partial charge in [-0.1, -0.05) is 11.8 Å². The number of aromatic nitrogens is 2. The smallest absolute Gasteiger partial charge is 0.277 e. The quantitative estimate of drug-likeness (QED) is 0.565. The van der Waals surface area contributed by atoms with Crippen molar-refractivity contribution in [3.63, 3.8) is 0 Å². The first-order valence-corrected chi connectivity index (χ1v) is 5.72. The standard InChI is InChI=1S/C8H12N4O2S.ClH/c9-6(13)4-15-8-12-11-7(14-8)5-2-1-3-10-5;/h5,10H,1-4H2,(H2,9,13);1H/p-1/t5-;/m0./s1. The van der Waals surface area contributed by atoms with Gasteiger partial charge in [0, 0.05) is 0 Å². The maximum atomic E-state index is 10.5. The molecule has 1 aliphatic rings. The Morgan fingerprint density at radius 3 is 3.06 bits per heavy atom. The molecule has 1 amide bonds. The lowest BCUT2D eigenvalue weighted by Crippen LogP contribution is -3.00. The van der Waals surface area contributed by atoms with Crippen LogP contribution in [-0.4, -0.2) is 28.4 Å². The summed E-state index contributed by atoms with van der Waals surface area (Å²) < 4.78 is 5.39. The molecule has 8 heteroatoms. The van der Waals surface area contributed by atoms with Gasteiger partial charge in [0.15, 0.2) is 0 Å². The molecule has 0 aromatic carbocycles. The molecular formula is C8H12ClN4O2S-. The molecule has 0 spiro atoms. The van der Waals surface area contributed by atoms with Crippen molar-refractivity contribution < 1.29 is 21.6 Å². The normalized spacial score (nSPS) is 19.4. The first kappa shape index (κ1) is 13.3. The Labute approximate surface area is 103 Å². The molecular weight excluding hydrogens is 252 g/mol. The first-order valence-electron chi connectivity index (χ1n) is 4.73. The summed E-state index contributed by atoms with van der Waals surface area (Å²) in [6, 6.07) is 0.167. The molecule has 1 atom stereocenters. The van der Waals surface area contributed by atoms with Gasteiger partial charge in [0.1, 0.15) is 0 Å². The van der Waals surface area contributed by atoms with Crippen LogP contribution in [0, 0.1) is 0 Å². The fourth-order valence-electron chi connectivity index (χ4n) is 1.45. The molecule has 90 valence electrons. The number of carbonyl (C=O) groups excluding carboxylic acids is 1. The number of hydrogen-bond acceptors (Lipinski definition) is 6. The van der Waals surface area contributed by atoms with Gasteiger partial charge in [-0.05, 0) is 19.4 Å². The number of nitrogens with one attached hydrogen (secondary N) is 1. The van der Waals surface area contributed by atoms with Crippen LogP contribution >= 0.6 is 11.8 Å². The van der Waals surface area contributed by atoms with Crippen molar-refractivity contribution in [1.82, 2.24) is 15.5 Å². The zero-order valence-corrected chi connectivity index (χ0v) is 10.1. The summed E-state index contributed by atoms with van der Waals surface area (Å²) in [5.41, 5.74) is 5.01. The van der Waals surface area contributed by atoms with Crippen molar-refractivity contribution in [3.8, 4) is 0 Å². The summed E-state index contributed by atoms with van der Waals surface area (Å²) in [6.07, 6.45) is 2.14. The van der Waals surface area contributed by atoms with E-state index in [1.54, 1.807) is 0 Å². The van der Waals surface area contributed by atoms with Gasteiger partial charge in [0.2, 0.25) is 11.8 Å². The highest BCUT2D eigenvalue weighted by Gasteiger charge is 2.22. The van der Waals surface area contributed by atoms with E-state index in [4.69, 9.17) is 10.2 Å². The molecule has 0 aliphatic carbocycles. The third kappa shape index (κ3) is 3.36. The summed E-state index contributed by atoms with van der Waals surface area (Å²) in [5, 5.41) is 11.4. The van der Waals surface area contributed by atoms with E-state index in [0.717, 1.165) is 19.4 Å². The van der Waals surface area contributed by atoms with E-state index < -0.39 is 5.91 Å². The topological polar surface area (TPSA) is 94.0 Å². The van der Waals surface area contributed by atoms with Gasteiger partial charge in [-0.3, -0.25) is 4.79 Å². The minimum absolute atomic E-state index is 0. The van der Waals surface area contributed by atoms with Gasteiger partial charge in [-0.15, -0.1) is 10.2 Å². The molecule has 3 N–H and O–H groups in total. The van der Waals surface area contributed by atoms with Crippen LogP contribution in [0.15, 0.2) is 9.64 Å². The van der Waals surface area contributed by atoms with Gasteiger partial charge >= 0.3 is 0 Å². The molecule has 2 rings (SSSR count). The maximum absolute atomic E-state index is 10.5. The van der Waals surface area contributed by atoms with Crippen molar-refractivity contribution in [2.75, 3.05) is 12.3 Å². The highest BCUT2D eigenvalue weighted by Crippen LogP contribution is 2.24. The van der Waals surface area contributed by atoms with Crippen molar-refractivity contribution in [1.29, 1.82) is 0 Å². The molecule has 6 nitrogen and oxygen atoms in total. The second-order valence-electron chi connectivity index (χ2n) is 3.31. The zero-order chi connectivity index (χ0) is 10.7. The molecule has 0 bridgehead atoms. The lowest BCUT2D eigenvalue weighted by Gasteiger charge is -2.01. The van der Waals surface area contributed by atoms with E-state index in [0.29, 0.717) is 11.1 Å². The predicted molar refractivity (Wildman–Crippen MR) is 54.2 cm³/mol. The molecule has 0 saturated carbocycles. The summed E-state index contributed by atoms with van der Waals surface area (Å²) in [4.78, 5) is 10.5. The number of thioether (sulfide) groups is 1. The Hall–Kier alpha value is -0.790. The monoisotopic (exact) mass is 263 g/mol. The van der Waals surface area contributed by atoms with Crippen molar-refractivity contribution >= 4 is 17.7 Å². The summed E-state index contributed by atoms with van der Waals surface area (Å²) in [5.74, 6) is 0.373. The largest absolute Gasteiger partial charge is 1.00 e. The molecule has 16 heavy (non-hydrogen) atoms. The molecule has 0 unspecified atom stereocenters. The second kappa shape index (κ2) is 6.07. The molecule has 0 radical (unpaired) electrons. The van der Waals surface area contributed by atoms with Gasteiger partial charge in [-0.25, -0.2) is 0 Å². The van der Waals surface area contributed by atoms with E-state index in [-0.39, 0.29) is 24.2 Å². The van der Waals surface area contributed by atoms with Gasteiger partial charge in [0.25, 0.3) is 5.22 Å². The number of nitrogens with two attached hydrogens (primary N) is 1. The Morgan fingerprint density at radius 1 is 1.62 bits per heavy atom. The average molecular weight is 264 g/mol. The molecule has 2 heterocycles. The number of halogens is 1. The predicted octanol–water partition coefficient (Wildman–Crippen LogP) is -2.92. The minimum Gasteiger partial charge on any atom is -1.00 e. The van der Waals surface area contributed by atoms with E-state index in [1.165, 1.54) is 11.8 Å². The van der Waals surface area contributed by atoms with E-state index >= 15 is 0 Å². The Kier molecular flexibility index (Phi) is 5.04. The molecule has 1 aliphatic heterocycles. The van der Waals surface area contributed by atoms with Crippen LogP contribution in [-0.2, 0) is 4.79 Å². The number of amides is 1. The van der Waals surface area contributed by atoms with Crippen LogP contribution < -0.4 is 23.5 Å². The third-order valence-electron chi connectivity index (χ3n) is 2.12. The molecule has 1 aromatic heterocycles. The van der Waals surface area contributed by atoms with E-state index in [2.05, 4.69) is 15.5 Å². The highest BCUT2D eigenvalue weighted by molar-refractivity contribution is 7.99. The molecule has 1 fully saturated rings. The van der Waals surface area contributed by atoms with Crippen LogP contribution in [0.4, 0.5) is 0 Å². The zero-order valence-electron chi connectivity index (χ0n) is 8.48. The molecule has 1 aromatic rings. The van der Waals surface area contributed by atoms with E-state index in [9.17, 15) is 4.79 Å². The third-order valence-corrected chi connectivity index (χ3v) is 2.96. The van der Waals surface area contributed by atoms with Gasteiger partial charge in [0.05, 0.1) is 11.8 Å². The second-order valence-corrected chi connectivity index (χ2v) is 4.24. The Balaban J connectivity index is 0.00000128. The Bertz CT molecular complexity index is 354. The van der Waals surface area contributed by atoms with Crippen LogP contribution in [0.2, 0.25) is 0 Å². The summed E-state index contributed by atoms with van der Waals surface area (Å²) in [6.45, 7) is 0.983. The SMILES string of the molecule is NC(=O)CSc1nnc([C@@H]2CCCN2)o1.[Cl-]. The van der Waals surface area contributed by atoms with Crippen molar-refractivity contribution in [2.45, 2.75) is 24.1 Å². The van der Waals surface area contributed by atoms with E-state index in [1.807, 2.05) is 0 Å². The average Bonchev–Trinajstić information content (AvgIpc) is 2.85. The fraction of sp³-hybridized carbons (Fsp3) is 0.625. The number of nitrogens with zero attached hydrogens (tertiary/aromatic N) is 2. The number of carbonyl (C=O) groups is 1. The fourth-order valence-corrected chi connectivity index (χ4v) is 1.96. The van der Waals surface area contributed by atoms with Crippen LogP contribution in [0.1, 0.15) is 24.8 Å². The summed E-state index contributed by atoms with van der Waals surface area (Å²) in [7, 11) is 0. The lowest BCUT2D eigenvalue weighted by molar-refractivity contribution is -0.115. The highest BCUT2D eigenvalue weighted by atomic mass is 35.5. The lowest BCUT2D eigenvalue weighted by atomic mass is 10.2. The van der Waals surface area contributed by atoms with Gasteiger partial charge in [-0.2, -0.15) is 0 Å². The molecule has 1 saturated heterocycles. The minimum atomic E-state index is -0.390. The van der Waals surface area contributed by atoms with Crippen LogP contribution in [0.25, 0.3) is 0 Å². The number of primary amides is 1. The van der Waals surface area contributed by atoms with Crippen LogP contribution in [0.5, 0.6) is 0 Å². The maximum Gasteiger partial charge on any atom is 0.277 e. The van der Waals surface area contributed by atoms with Gasteiger partial charge < -0.3 is 27.9 Å². The van der Waals surface area contributed by atoms with Crippen molar-refractivity contribution in [3.05, 3.63) is 5.89 Å². The van der Waals surface area contributed by atoms with Crippen LogP contribution in [0.3, 0.4) is 0 Å². The number of rotatable bonds is 4. The first-order chi connectivity index (χ1) is 7.25. The number of hydrogen-bond donors (Lipinski definition) is 2.